The maximum absolute atomic E-state index is 12.3. The third-order valence-corrected chi connectivity index (χ3v) is 4.51. The van der Waals surface area contributed by atoms with Crippen LogP contribution in [0.4, 0.5) is 0 Å². The van der Waals surface area contributed by atoms with Crippen LogP contribution in [0, 0.1) is 17.2 Å². The summed E-state index contributed by atoms with van der Waals surface area (Å²) in [6.07, 6.45) is -1.04. The minimum Gasteiger partial charge on any atom is -0.497 e. The van der Waals surface area contributed by atoms with Crippen LogP contribution in [-0.4, -0.2) is 30.6 Å². The molecule has 0 saturated heterocycles. The van der Waals surface area contributed by atoms with Crippen molar-refractivity contribution in [2.45, 2.75) is 39.3 Å². The second kappa shape index (κ2) is 8.15. The van der Waals surface area contributed by atoms with Gasteiger partial charge < -0.3 is 14.8 Å². The van der Waals surface area contributed by atoms with Gasteiger partial charge in [-0.2, -0.15) is 5.26 Å². The smallest absolute Gasteiger partial charge is 0.340 e. The van der Waals surface area contributed by atoms with Gasteiger partial charge in [0.25, 0.3) is 5.91 Å². The molecule has 1 rings (SSSR count). The fourth-order valence-electron chi connectivity index (χ4n) is 1.72. The molecule has 0 aromatic heterocycles. The quantitative estimate of drug-likeness (QED) is 0.746. The van der Waals surface area contributed by atoms with Gasteiger partial charge in [0.15, 0.2) is 6.10 Å². The van der Waals surface area contributed by atoms with Crippen molar-refractivity contribution < 1.29 is 19.1 Å². The van der Waals surface area contributed by atoms with Crippen LogP contribution in [0.3, 0.4) is 0 Å². The Bertz CT molecular complexity index is 669. The van der Waals surface area contributed by atoms with Crippen LogP contribution in [0.15, 0.2) is 22.7 Å². The average molecular weight is 397 g/mol. The number of nitrogens with zero attached hydrogens (tertiary/aromatic N) is 1. The molecule has 2 unspecified atom stereocenters. The van der Waals surface area contributed by atoms with Crippen LogP contribution in [0.2, 0.25) is 0 Å². The van der Waals surface area contributed by atoms with E-state index in [0.29, 0.717) is 10.2 Å². The molecule has 6 nitrogen and oxygen atoms in total. The number of esters is 1. The van der Waals surface area contributed by atoms with E-state index in [-0.39, 0.29) is 11.5 Å². The lowest BCUT2D eigenvalue weighted by Crippen LogP contribution is -2.52. The Morgan fingerprint density at radius 1 is 1.33 bits per heavy atom. The minimum atomic E-state index is -1.04. The summed E-state index contributed by atoms with van der Waals surface area (Å²) < 4.78 is 10.8. The predicted octanol–water partition coefficient (Wildman–Crippen LogP) is 3.06. The summed E-state index contributed by atoms with van der Waals surface area (Å²) in [5.41, 5.74) is -0.783. The van der Waals surface area contributed by atoms with E-state index < -0.39 is 23.5 Å². The van der Waals surface area contributed by atoms with Crippen molar-refractivity contribution in [3.63, 3.8) is 0 Å². The number of hydrogen-bond acceptors (Lipinski definition) is 5. The van der Waals surface area contributed by atoms with Crippen molar-refractivity contribution in [1.29, 1.82) is 5.26 Å². The van der Waals surface area contributed by atoms with Crippen molar-refractivity contribution in [2.75, 3.05) is 7.11 Å². The van der Waals surface area contributed by atoms with Crippen LogP contribution < -0.4 is 10.1 Å². The average Bonchev–Trinajstić information content (AvgIpc) is 2.54. The molecule has 1 aromatic carbocycles. The van der Waals surface area contributed by atoms with E-state index >= 15 is 0 Å². The molecule has 24 heavy (non-hydrogen) atoms. The highest BCUT2D eigenvalue weighted by Crippen LogP contribution is 2.23. The molecule has 2 atom stereocenters. The van der Waals surface area contributed by atoms with Gasteiger partial charge in [-0.25, -0.2) is 4.79 Å². The van der Waals surface area contributed by atoms with Gasteiger partial charge in [-0.15, -0.1) is 0 Å². The summed E-state index contributed by atoms with van der Waals surface area (Å²) in [6, 6.07) is 6.95. The number of hydrogen-bond donors (Lipinski definition) is 1. The second-order valence-corrected chi connectivity index (χ2v) is 6.71. The number of carbonyl (C=O) groups excluding carboxylic acids is 2. The molecule has 0 aliphatic carbocycles. The first kappa shape index (κ1) is 20.0. The van der Waals surface area contributed by atoms with Crippen molar-refractivity contribution in [3.8, 4) is 11.8 Å². The van der Waals surface area contributed by atoms with Crippen molar-refractivity contribution in [1.82, 2.24) is 5.32 Å². The van der Waals surface area contributed by atoms with E-state index in [1.807, 2.05) is 13.8 Å². The first-order valence-corrected chi connectivity index (χ1v) is 8.21. The molecule has 0 fully saturated rings. The van der Waals surface area contributed by atoms with E-state index in [4.69, 9.17) is 9.47 Å². The number of methoxy groups -OCH3 is 1. The van der Waals surface area contributed by atoms with Gasteiger partial charge in [0.05, 0.1) is 18.7 Å². The molecular formula is C17H21BrN2O4. The zero-order valence-corrected chi connectivity index (χ0v) is 15.9. The first-order valence-electron chi connectivity index (χ1n) is 7.42. The lowest BCUT2D eigenvalue weighted by molar-refractivity contribution is -0.130. The molecule has 1 aromatic rings. The fraction of sp³-hybridized carbons (Fsp3) is 0.471. The summed E-state index contributed by atoms with van der Waals surface area (Å²) in [5, 5.41) is 11.9. The fourth-order valence-corrected chi connectivity index (χ4v) is 2.13. The summed E-state index contributed by atoms with van der Waals surface area (Å²) >= 11 is 3.27. The molecule has 0 aliphatic heterocycles. The van der Waals surface area contributed by atoms with Gasteiger partial charge >= 0.3 is 5.97 Å². The van der Waals surface area contributed by atoms with E-state index in [1.54, 1.807) is 19.1 Å². The molecule has 130 valence electrons. The Labute approximate surface area is 150 Å². The van der Waals surface area contributed by atoms with Gasteiger partial charge in [-0.05, 0) is 53.9 Å². The topological polar surface area (TPSA) is 88.4 Å². The molecule has 1 N–H and O–H groups in total. The Morgan fingerprint density at radius 3 is 2.46 bits per heavy atom. The highest BCUT2D eigenvalue weighted by atomic mass is 79.9. The highest BCUT2D eigenvalue weighted by Gasteiger charge is 2.32. The zero-order chi connectivity index (χ0) is 18.5. The van der Waals surface area contributed by atoms with Crippen LogP contribution in [-0.2, 0) is 9.53 Å². The van der Waals surface area contributed by atoms with Gasteiger partial charge in [-0.3, -0.25) is 4.79 Å². The van der Waals surface area contributed by atoms with Gasteiger partial charge in [0.1, 0.15) is 11.3 Å². The lowest BCUT2D eigenvalue weighted by Gasteiger charge is -2.28. The number of halogens is 1. The number of carbonyl (C=O) groups is 2. The first-order chi connectivity index (χ1) is 11.1. The Hall–Kier alpha value is -2.07. The summed E-state index contributed by atoms with van der Waals surface area (Å²) in [6.45, 7) is 6.74. The number of nitriles is 1. The zero-order valence-electron chi connectivity index (χ0n) is 14.3. The molecular weight excluding hydrogens is 376 g/mol. The van der Waals surface area contributed by atoms with Crippen LogP contribution in [0.1, 0.15) is 38.1 Å². The number of ether oxygens (including phenoxy) is 2. The maximum atomic E-state index is 12.3. The molecule has 0 bridgehead atoms. The minimum absolute atomic E-state index is 0.0955. The van der Waals surface area contributed by atoms with Crippen molar-refractivity contribution in [2.24, 2.45) is 5.92 Å². The molecule has 0 saturated carbocycles. The summed E-state index contributed by atoms with van der Waals surface area (Å²) in [5.74, 6) is -0.784. The van der Waals surface area contributed by atoms with Crippen LogP contribution in [0.25, 0.3) is 0 Å². The monoisotopic (exact) mass is 396 g/mol. The molecule has 0 heterocycles. The van der Waals surface area contributed by atoms with Gasteiger partial charge in [-0.1, -0.05) is 13.8 Å². The maximum Gasteiger partial charge on any atom is 0.340 e. The van der Waals surface area contributed by atoms with Gasteiger partial charge in [0, 0.05) is 4.47 Å². The Balaban J connectivity index is 2.84. The molecule has 1 amide bonds. The number of benzene rings is 1. The van der Waals surface area contributed by atoms with Crippen LogP contribution >= 0.6 is 15.9 Å². The molecule has 0 spiro atoms. The van der Waals surface area contributed by atoms with E-state index in [9.17, 15) is 14.9 Å². The summed E-state index contributed by atoms with van der Waals surface area (Å²) in [7, 11) is 1.49. The second-order valence-electron chi connectivity index (χ2n) is 5.85. The van der Waals surface area contributed by atoms with E-state index in [2.05, 4.69) is 27.3 Å². The normalized spacial score (nSPS) is 14.2. The predicted molar refractivity (Wildman–Crippen MR) is 92.6 cm³/mol. The SMILES string of the molecule is COc1ccc(Br)c(C(=O)OC(C)C(=O)NC(C)(C#N)C(C)C)c1. The third kappa shape index (κ3) is 4.71. The molecule has 0 aliphatic rings. The Morgan fingerprint density at radius 2 is 1.96 bits per heavy atom. The number of nitrogens with one attached hydrogen (secondary N) is 1. The van der Waals surface area contributed by atoms with Crippen molar-refractivity contribution in [3.05, 3.63) is 28.2 Å². The molecule has 7 heteroatoms. The standard InChI is InChI=1S/C17H21BrN2O4/c1-10(2)17(4,9-19)20-15(21)11(3)24-16(22)13-8-12(23-5)6-7-14(13)18/h6-8,10-11H,1-5H3,(H,20,21). The van der Waals surface area contributed by atoms with E-state index in [1.165, 1.54) is 20.1 Å². The highest BCUT2D eigenvalue weighted by molar-refractivity contribution is 9.10. The van der Waals surface area contributed by atoms with Gasteiger partial charge in [0.2, 0.25) is 0 Å². The largest absolute Gasteiger partial charge is 0.497 e. The third-order valence-electron chi connectivity index (χ3n) is 3.82. The molecule has 0 radical (unpaired) electrons. The lowest BCUT2D eigenvalue weighted by atomic mass is 9.90. The van der Waals surface area contributed by atoms with E-state index in [0.717, 1.165) is 0 Å². The Kier molecular flexibility index (Phi) is 6.79. The van der Waals surface area contributed by atoms with Crippen LogP contribution in [0.5, 0.6) is 5.75 Å². The number of rotatable bonds is 6. The van der Waals surface area contributed by atoms with Crippen molar-refractivity contribution >= 4 is 27.8 Å². The summed E-state index contributed by atoms with van der Waals surface area (Å²) in [4.78, 5) is 24.5. The number of amides is 1.